The number of nitrogens with zero attached hydrogens (tertiary/aromatic N) is 1. The van der Waals surface area contributed by atoms with Crippen LogP contribution < -0.4 is 10.6 Å². The molecule has 2 atom stereocenters. The van der Waals surface area contributed by atoms with Crippen molar-refractivity contribution in [3.63, 3.8) is 0 Å². The molecule has 0 aromatic rings. The Labute approximate surface area is 90.1 Å². The highest BCUT2D eigenvalue weighted by atomic mass is 16.5. The van der Waals surface area contributed by atoms with Gasteiger partial charge in [0.05, 0.1) is 12.1 Å². The van der Waals surface area contributed by atoms with E-state index >= 15 is 0 Å². The molecular formula is C10H19N3O2. The number of rotatable bonds is 2. The van der Waals surface area contributed by atoms with Crippen LogP contribution in [0.2, 0.25) is 0 Å². The van der Waals surface area contributed by atoms with Crippen LogP contribution in [0.5, 0.6) is 0 Å². The second kappa shape index (κ2) is 4.92. The van der Waals surface area contributed by atoms with Gasteiger partial charge in [0.25, 0.3) is 0 Å². The molecule has 2 aliphatic heterocycles. The maximum absolute atomic E-state index is 12.0. The lowest BCUT2D eigenvalue weighted by Crippen LogP contribution is -2.56. The van der Waals surface area contributed by atoms with E-state index in [1.54, 1.807) is 7.11 Å². The summed E-state index contributed by atoms with van der Waals surface area (Å²) in [6, 6.07) is -0.0469. The molecule has 0 bridgehead atoms. The Hall–Kier alpha value is -0.650. The van der Waals surface area contributed by atoms with Gasteiger partial charge in [-0.3, -0.25) is 4.79 Å². The molecule has 0 aromatic carbocycles. The number of hydrogen-bond acceptors (Lipinski definition) is 4. The average molecular weight is 213 g/mol. The fourth-order valence-corrected chi connectivity index (χ4v) is 2.17. The molecule has 2 aliphatic rings. The van der Waals surface area contributed by atoms with Gasteiger partial charge in [0, 0.05) is 39.8 Å². The van der Waals surface area contributed by atoms with Gasteiger partial charge in [-0.05, 0) is 6.42 Å². The van der Waals surface area contributed by atoms with Crippen molar-refractivity contribution in [3.05, 3.63) is 0 Å². The van der Waals surface area contributed by atoms with E-state index in [4.69, 9.17) is 4.74 Å². The lowest BCUT2D eigenvalue weighted by atomic mass is 10.2. The van der Waals surface area contributed by atoms with Crippen molar-refractivity contribution >= 4 is 5.91 Å². The summed E-state index contributed by atoms with van der Waals surface area (Å²) in [7, 11) is 1.71. The average Bonchev–Trinajstić information content (AvgIpc) is 2.78. The Morgan fingerprint density at radius 1 is 1.47 bits per heavy atom. The third kappa shape index (κ3) is 2.48. The Morgan fingerprint density at radius 2 is 2.33 bits per heavy atom. The van der Waals surface area contributed by atoms with E-state index in [1.165, 1.54) is 0 Å². The first-order valence-electron chi connectivity index (χ1n) is 5.57. The number of carbonyl (C=O) groups is 1. The Morgan fingerprint density at radius 3 is 2.93 bits per heavy atom. The molecular weight excluding hydrogens is 194 g/mol. The number of methoxy groups -OCH3 is 1. The van der Waals surface area contributed by atoms with Crippen LogP contribution in [-0.2, 0) is 9.53 Å². The number of nitrogens with one attached hydrogen (secondary N) is 2. The second-order valence-corrected chi connectivity index (χ2v) is 4.14. The number of piperazine rings is 1. The van der Waals surface area contributed by atoms with Crippen molar-refractivity contribution in [2.45, 2.75) is 18.6 Å². The third-order valence-electron chi connectivity index (χ3n) is 3.13. The predicted octanol–water partition coefficient (Wildman–Crippen LogP) is -1.20. The van der Waals surface area contributed by atoms with Crippen LogP contribution in [-0.4, -0.2) is 62.8 Å². The van der Waals surface area contributed by atoms with Crippen LogP contribution in [0.15, 0.2) is 0 Å². The molecule has 2 N–H and O–H groups in total. The van der Waals surface area contributed by atoms with Gasteiger partial charge in [0.1, 0.15) is 0 Å². The first kappa shape index (κ1) is 10.9. The predicted molar refractivity (Wildman–Crippen MR) is 56.7 cm³/mol. The summed E-state index contributed by atoms with van der Waals surface area (Å²) in [5.41, 5.74) is 0. The molecule has 0 saturated carbocycles. The molecule has 2 saturated heterocycles. The quantitative estimate of drug-likeness (QED) is 0.605. The van der Waals surface area contributed by atoms with Crippen molar-refractivity contribution in [2.75, 3.05) is 39.8 Å². The van der Waals surface area contributed by atoms with E-state index in [1.807, 2.05) is 4.90 Å². The molecule has 0 aromatic heterocycles. The molecule has 15 heavy (non-hydrogen) atoms. The molecule has 86 valence electrons. The number of hydrogen-bond donors (Lipinski definition) is 2. The highest BCUT2D eigenvalue weighted by Gasteiger charge is 2.31. The van der Waals surface area contributed by atoms with Gasteiger partial charge < -0.3 is 20.3 Å². The van der Waals surface area contributed by atoms with Crippen LogP contribution in [0.25, 0.3) is 0 Å². The fourth-order valence-electron chi connectivity index (χ4n) is 2.17. The lowest BCUT2D eigenvalue weighted by molar-refractivity contribution is -0.133. The van der Waals surface area contributed by atoms with Crippen molar-refractivity contribution in [1.29, 1.82) is 0 Å². The van der Waals surface area contributed by atoms with Crippen LogP contribution in [0, 0.1) is 0 Å². The van der Waals surface area contributed by atoms with Gasteiger partial charge in [0.15, 0.2) is 0 Å². The van der Waals surface area contributed by atoms with Crippen molar-refractivity contribution in [1.82, 2.24) is 15.5 Å². The van der Waals surface area contributed by atoms with E-state index in [0.717, 1.165) is 39.1 Å². The van der Waals surface area contributed by atoms with Crippen LogP contribution in [0.1, 0.15) is 6.42 Å². The van der Waals surface area contributed by atoms with Crippen LogP contribution in [0.3, 0.4) is 0 Å². The zero-order chi connectivity index (χ0) is 10.7. The fraction of sp³-hybridized carbons (Fsp3) is 0.900. The van der Waals surface area contributed by atoms with Crippen LogP contribution in [0.4, 0.5) is 0 Å². The van der Waals surface area contributed by atoms with E-state index < -0.39 is 0 Å². The molecule has 0 radical (unpaired) electrons. The molecule has 0 spiro atoms. The maximum atomic E-state index is 12.0. The summed E-state index contributed by atoms with van der Waals surface area (Å²) in [4.78, 5) is 13.9. The van der Waals surface area contributed by atoms with Gasteiger partial charge in [0.2, 0.25) is 5.91 Å². The number of ether oxygens (including phenoxy) is 1. The number of likely N-dealkylation sites (tertiary alicyclic amines) is 1. The minimum absolute atomic E-state index is 0.0469. The minimum atomic E-state index is -0.0469. The van der Waals surface area contributed by atoms with E-state index in [-0.39, 0.29) is 18.1 Å². The standard InChI is InChI=1S/C10H19N3O2/c1-15-8-2-5-13(7-8)10(14)9-6-11-3-4-12-9/h8-9,11-12H,2-7H2,1H3. The Bertz CT molecular complexity index is 229. The van der Waals surface area contributed by atoms with Crippen molar-refractivity contribution in [2.24, 2.45) is 0 Å². The van der Waals surface area contributed by atoms with Gasteiger partial charge in [-0.1, -0.05) is 0 Å². The maximum Gasteiger partial charge on any atom is 0.241 e. The number of carbonyl (C=O) groups excluding carboxylic acids is 1. The van der Waals surface area contributed by atoms with Crippen molar-refractivity contribution < 1.29 is 9.53 Å². The summed E-state index contributed by atoms with van der Waals surface area (Å²) < 4.78 is 5.25. The summed E-state index contributed by atoms with van der Waals surface area (Å²) in [6.07, 6.45) is 1.19. The summed E-state index contributed by atoms with van der Waals surface area (Å²) in [6.45, 7) is 4.14. The SMILES string of the molecule is COC1CCN(C(=O)C2CNCCN2)C1. The molecule has 5 nitrogen and oxygen atoms in total. The van der Waals surface area contributed by atoms with Gasteiger partial charge in [-0.2, -0.15) is 0 Å². The lowest BCUT2D eigenvalue weighted by Gasteiger charge is -2.27. The molecule has 2 unspecified atom stereocenters. The topological polar surface area (TPSA) is 53.6 Å². The minimum Gasteiger partial charge on any atom is -0.380 e. The first-order valence-corrected chi connectivity index (χ1v) is 5.57. The number of amides is 1. The highest BCUT2D eigenvalue weighted by molar-refractivity contribution is 5.82. The summed E-state index contributed by atoms with van der Waals surface area (Å²) >= 11 is 0. The molecule has 2 fully saturated rings. The Balaban J connectivity index is 1.85. The summed E-state index contributed by atoms with van der Waals surface area (Å²) in [5.74, 6) is 0.210. The largest absolute Gasteiger partial charge is 0.380 e. The molecule has 0 aliphatic carbocycles. The van der Waals surface area contributed by atoms with E-state index in [0.29, 0.717) is 0 Å². The molecule has 2 heterocycles. The Kier molecular flexibility index (Phi) is 3.56. The zero-order valence-electron chi connectivity index (χ0n) is 9.16. The van der Waals surface area contributed by atoms with Gasteiger partial charge >= 0.3 is 0 Å². The molecule has 5 heteroatoms. The van der Waals surface area contributed by atoms with Crippen LogP contribution >= 0.6 is 0 Å². The van der Waals surface area contributed by atoms with Gasteiger partial charge in [-0.25, -0.2) is 0 Å². The van der Waals surface area contributed by atoms with E-state index in [2.05, 4.69) is 10.6 Å². The van der Waals surface area contributed by atoms with Gasteiger partial charge in [-0.15, -0.1) is 0 Å². The smallest absolute Gasteiger partial charge is 0.241 e. The van der Waals surface area contributed by atoms with Crippen molar-refractivity contribution in [3.8, 4) is 0 Å². The molecule has 1 amide bonds. The molecule has 2 rings (SSSR count). The zero-order valence-corrected chi connectivity index (χ0v) is 9.16. The second-order valence-electron chi connectivity index (χ2n) is 4.14. The normalized spacial score (nSPS) is 31.9. The first-order chi connectivity index (χ1) is 7.31. The van der Waals surface area contributed by atoms with E-state index in [9.17, 15) is 4.79 Å². The third-order valence-corrected chi connectivity index (χ3v) is 3.13. The monoisotopic (exact) mass is 213 g/mol. The summed E-state index contributed by atoms with van der Waals surface area (Å²) in [5, 5.41) is 6.46. The highest BCUT2D eigenvalue weighted by Crippen LogP contribution is 2.13.